The van der Waals surface area contributed by atoms with Gasteiger partial charge in [-0.1, -0.05) is 24.3 Å². The number of hydrogen-bond donors (Lipinski definition) is 2. The normalized spacial score (nSPS) is 10.3. The predicted molar refractivity (Wildman–Crippen MR) is 108 cm³/mol. The van der Waals surface area contributed by atoms with Crippen LogP contribution in [0.5, 0.6) is 11.5 Å². The molecule has 0 spiro atoms. The maximum atomic E-state index is 5.39. The number of benzene rings is 2. The molecule has 0 aliphatic heterocycles. The standard InChI is InChI=1S/C21H24N4O2/c1-15-13-20(24-17-8-6-9-18(14-17)26-2)25-21(23-15)22-12-11-16-7-4-5-10-19(16)27-3/h4-10,13-14H,11-12H2,1-3H3,(H2,22,23,24,25). The number of aryl methyl sites for hydroxylation is 1. The molecule has 6 heteroatoms. The highest BCUT2D eigenvalue weighted by Crippen LogP contribution is 2.21. The molecular formula is C21H24N4O2. The summed E-state index contributed by atoms with van der Waals surface area (Å²) >= 11 is 0. The molecule has 6 nitrogen and oxygen atoms in total. The molecule has 0 aliphatic carbocycles. The lowest BCUT2D eigenvalue weighted by molar-refractivity contribution is 0.410. The summed E-state index contributed by atoms with van der Waals surface area (Å²) in [6, 6.07) is 17.6. The number of aromatic nitrogens is 2. The molecule has 0 saturated carbocycles. The van der Waals surface area contributed by atoms with Gasteiger partial charge in [0.2, 0.25) is 5.95 Å². The molecule has 0 unspecified atom stereocenters. The topological polar surface area (TPSA) is 68.3 Å². The van der Waals surface area contributed by atoms with E-state index in [-0.39, 0.29) is 0 Å². The van der Waals surface area contributed by atoms with E-state index in [0.29, 0.717) is 12.5 Å². The van der Waals surface area contributed by atoms with Gasteiger partial charge in [-0.3, -0.25) is 0 Å². The summed E-state index contributed by atoms with van der Waals surface area (Å²) in [6.45, 7) is 2.66. The van der Waals surface area contributed by atoms with Crippen LogP contribution in [0.3, 0.4) is 0 Å². The molecule has 2 aromatic carbocycles. The van der Waals surface area contributed by atoms with Crippen LogP contribution in [0, 0.1) is 6.92 Å². The number of anilines is 3. The number of nitrogens with zero attached hydrogens (tertiary/aromatic N) is 2. The third-order valence-electron chi connectivity index (χ3n) is 4.07. The van der Waals surface area contributed by atoms with E-state index in [1.165, 1.54) is 0 Å². The minimum absolute atomic E-state index is 0.593. The van der Waals surface area contributed by atoms with Crippen molar-refractivity contribution < 1.29 is 9.47 Å². The molecule has 0 fully saturated rings. The Labute approximate surface area is 159 Å². The van der Waals surface area contributed by atoms with Crippen molar-refractivity contribution in [1.82, 2.24) is 9.97 Å². The van der Waals surface area contributed by atoms with E-state index in [4.69, 9.17) is 9.47 Å². The number of para-hydroxylation sites is 1. The lowest BCUT2D eigenvalue weighted by Crippen LogP contribution is -2.10. The Balaban J connectivity index is 1.66. The van der Waals surface area contributed by atoms with Crippen LogP contribution in [0.4, 0.5) is 17.5 Å². The summed E-state index contributed by atoms with van der Waals surface area (Å²) in [5, 5.41) is 6.59. The molecule has 3 aromatic rings. The molecule has 2 N–H and O–H groups in total. The predicted octanol–water partition coefficient (Wildman–Crippen LogP) is 4.20. The first-order valence-electron chi connectivity index (χ1n) is 8.80. The van der Waals surface area contributed by atoms with E-state index >= 15 is 0 Å². The molecule has 0 saturated heterocycles. The fourth-order valence-electron chi connectivity index (χ4n) is 2.78. The van der Waals surface area contributed by atoms with Crippen LogP contribution < -0.4 is 20.1 Å². The van der Waals surface area contributed by atoms with Crippen molar-refractivity contribution in [3.8, 4) is 11.5 Å². The largest absolute Gasteiger partial charge is 0.497 e. The molecule has 27 heavy (non-hydrogen) atoms. The van der Waals surface area contributed by atoms with Crippen molar-refractivity contribution >= 4 is 17.5 Å². The minimum atomic E-state index is 0.593. The average molecular weight is 364 g/mol. The zero-order valence-corrected chi connectivity index (χ0v) is 15.8. The number of rotatable bonds is 8. The lowest BCUT2D eigenvalue weighted by Gasteiger charge is -2.11. The van der Waals surface area contributed by atoms with Gasteiger partial charge in [0.25, 0.3) is 0 Å². The van der Waals surface area contributed by atoms with Crippen LogP contribution in [0.1, 0.15) is 11.3 Å². The molecular weight excluding hydrogens is 340 g/mol. The van der Waals surface area contributed by atoms with Gasteiger partial charge >= 0.3 is 0 Å². The highest BCUT2D eigenvalue weighted by Gasteiger charge is 2.05. The second-order valence-corrected chi connectivity index (χ2v) is 6.06. The zero-order valence-electron chi connectivity index (χ0n) is 15.8. The molecule has 1 aromatic heterocycles. The second kappa shape index (κ2) is 8.89. The third kappa shape index (κ3) is 5.10. The monoisotopic (exact) mass is 364 g/mol. The van der Waals surface area contributed by atoms with E-state index < -0.39 is 0 Å². The molecule has 0 bridgehead atoms. The van der Waals surface area contributed by atoms with Crippen LogP contribution in [0.15, 0.2) is 54.6 Å². The SMILES string of the molecule is COc1cccc(Nc2cc(C)nc(NCCc3ccccc3OC)n2)c1. The average Bonchev–Trinajstić information content (AvgIpc) is 2.68. The maximum absolute atomic E-state index is 5.39. The van der Waals surface area contributed by atoms with Crippen LogP contribution >= 0.6 is 0 Å². The van der Waals surface area contributed by atoms with Gasteiger partial charge in [0, 0.05) is 30.1 Å². The molecule has 0 amide bonds. The van der Waals surface area contributed by atoms with Crippen molar-refractivity contribution in [3.05, 3.63) is 65.9 Å². The van der Waals surface area contributed by atoms with Crippen LogP contribution in [-0.2, 0) is 6.42 Å². The lowest BCUT2D eigenvalue weighted by atomic mass is 10.1. The Hall–Kier alpha value is -3.28. The van der Waals surface area contributed by atoms with Crippen LogP contribution in [0.2, 0.25) is 0 Å². The second-order valence-electron chi connectivity index (χ2n) is 6.06. The van der Waals surface area contributed by atoms with Crippen molar-refractivity contribution in [2.45, 2.75) is 13.3 Å². The van der Waals surface area contributed by atoms with Gasteiger partial charge in [-0.25, -0.2) is 4.98 Å². The Morgan fingerprint density at radius 3 is 2.59 bits per heavy atom. The van der Waals surface area contributed by atoms with E-state index in [0.717, 1.165) is 40.7 Å². The van der Waals surface area contributed by atoms with Crippen molar-refractivity contribution in [2.24, 2.45) is 0 Å². The number of nitrogens with one attached hydrogen (secondary N) is 2. The molecule has 0 radical (unpaired) electrons. The fourth-order valence-corrected chi connectivity index (χ4v) is 2.78. The first-order valence-corrected chi connectivity index (χ1v) is 8.80. The summed E-state index contributed by atoms with van der Waals surface area (Å²) < 4.78 is 10.7. The molecule has 3 rings (SSSR count). The van der Waals surface area contributed by atoms with E-state index in [1.54, 1.807) is 14.2 Å². The highest BCUT2D eigenvalue weighted by atomic mass is 16.5. The smallest absolute Gasteiger partial charge is 0.224 e. The Morgan fingerprint density at radius 2 is 1.78 bits per heavy atom. The van der Waals surface area contributed by atoms with Crippen LogP contribution in [-0.4, -0.2) is 30.7 Å². The minimum Gasteiger partial charge on any atom is -0.497 e. The van der Waals surface area contributed by atoms with Crippen molar-refractivity contribution in [1.29, 1.82) is 0 Å². The number of ether oxygens (including phenoxy) is 2. The first kappa shape index (κ1) is 18.5. The van der Waals surface area contributed by atoms with Crippen LogP contribution in [0.25, 0.3) is 0 Å². The van der Waals surface area contributed by atoms with Gasteiger partial charge in [0.1, 0.15) is 17.3 Å². The zero-order chi connectivity index (χ0) is 19.1. The Bertz CT molecular complexity index is 899. The van der Waals surface area contributed by atoms with Gasteiger partial charge in [0.05, 0.1) is 14.2 Å². The summed E-state index contributed by atoms with van der Waals surface area (Å²) in [5.74, 6) is 3.01. The van der Waals surface area contributed by atoms with Crippen molar-refractivity contribution in [3.63, 3.8) is 0 Å². The Kier molecular flexibility index (Phi) is 6.10. The number of hydrogen-bond acceptors (Lipinski definition) is 6. The Morgan fingerprint density at radius 1 is 0.926 bits per heavy atom. The summed E-state index contributed by atoms with van der Waals surface area (Å²) in [7, 11) is 3.34. The van der Waals surface area contributed by atoms with Gasteiger partial charge in [-0.05, 0) is 37.1 Å². The molecule has 0 aliphatic rings. The van der Waals surface area contributed by atoms with E-state index in [9.17, 15) is 0 Å². The van der Waals surface area contributed by atoms with Gasteiger partial charge in [-0.2, -0.15) is 4.98 Å². The van der Waals surface area contributed by atoms with Crippen molar-refractivity contribution in [2.75, 3.05) is 31.4 Å². The molecule has 1 heterocycles. The maximum Gasteiger partial charge on any atom is 0.224 e. The number of methoxy groups -OCH3 is 2. The molecule has 0 atom stereocenters. The van der Waals surface area contributed by atoms with E-state index in [2.05, 4.69) is 26.7 Å². The summed E-state index contributed by atoms with van der Waals surface area (Å²) in [5.41, 5.74) is 2.94. The van der Waals surface area contributed by atoms with Gasteiger partial charge in [0.15, 0.2) is 0 Å². The highest BCUT2D eigenvalue weighted by molar-refractivity contribution is 5.59. The summed E-state index contributed by atoms with van der Waals surface area (Å²) in [6.07, 6.45) is 0.819. The molecule has 140 valence electrons. The quantitative estimate of drug-likeness (QED) is 0.624. The summed E-state index contributed by atoms with van der Waals surface area (Å²) in [4.78, 5) is 9.02. The van der Waals surface area contributed by atoms with E-state index in [1.807, 2.05) is 55.5 Å². The third-order valence-corrected chi connectivity index (χ3v) is 4.07. The van der Waals surface area contributed by atoms with Gasteiger partial charge in [-0.15, -0.1) is 0 Å². The van der Waals surface area contributed by atoms with Gasteiger partial charge < -0.3 is 20.1 Å². The first-order chi connectivity index (χ1) is 13.2. The fraction of sp³-hybridized carbons (Fsp3) is 0.238.